The van der Waals surface area contributed by atoms with Gasteiger partial charge in [0, 0.05) is 6.92 Å². The fourth-order valence-electron chi connectivity index (χ4n) is 0.225. The van der Waals surface area contributed by atoms with Crippen molar-refractivity contribution in [2.45, 2.75) is 26.9 Å². The second-order valence-corrected chi connectivity index (χ2v) is 1.52. The summed E-state index contributed by atoms with van der Waals surface area (Å²) in [7, 11) is 0. The molecule has 0 atom stereocenters. The minimum absolute atomic E-state index is 0.674. The third kappa shape index (κ3) is 17.6. The van der Waals surface area contributed by atoms with Gasteiger partial charge in [-0.05, 0) is 0 Å². The molecule has 0 aromatic heterocycles. The Morgan fingerprint density at radius 3 is 1.82 bits per heavy atom. The van der Waals surface area contributed by atoms with E-state index in [1.165, 1.54) is 0 Å². The van der Waals surface area contributed by atoms with Crippen LogP contribution >= 0.6 is 0 Å². The predicted octanol–water partition coefficient (Wildman–Crippen LogP) is 1.71. The van der Waals surface area contributed by atoms with E-state index in [1.54, 1.807) is 5.32 Å². The Morgan fingerprint density at radius 2 is 1.73 bits per heavy atom. The summed E-state index contributed by atoms with van der Waals surface area (Å²) in [4.78, 5) is 9.88. The van der Waals surface area contributed by atoms with Crippen molar-refractivity contribution in [2.24, 2.45) is 0 Å². The normalized spacial score (nSPS) is 9.64. The van der Waals surface area contributed by atoms with Crippen LogP contribution in [0.2, 0.25) is 0 Å². The third-order valence-corrected chi connectivity index (χ3v) is 0.538. The van der Waals surface area contributed by atoms with Crippen molar-refractivity contribution >= 4 is 5.91 Å². The maximum Gasteiger partial charge on any atom is 0.405 e. The molecule has 0 rings (SSSR count). The van der Waals surface area contributed by atoms with E-state index in [2.05, 4.69) is 0 Å². The number of nitrogens with one attached hydrogen (secondary N) is 1. The number of hydrogen-bond acceptors (Lipinski definition) is 1. The van der Waals surface area contributed by atoms with Gasteiger partial charge in [-0.2, -0.15) is 13.2 Å². The molecule has 2 nitrogen and oxygen atoms in total. The smallest absolute Gasteiger partial charge is 0.347 e. The van der Waals surface area contributed by atoms with Gasteiger partial charge >= 0.3 is 6.18 Å². The van der Waals surface area contributed by atoms with Crippen molar-refractivity contribution in [3.8, 4) is 0 Å². The Bertz CT molecular complexity index is 111. The van der Waals surface area contributed by atoms with E-state index in [-0.39, 0.29) is 0 Å². The molecule has 0 unspecified atom stereocenters. The van der Waals surface area contributed by atoms with Crippen LogP contribution in [0, 0.1) is 0 Å². The summed E-state index contributed by atoms with van der Waals surface area (Å²) in [6.45, 7) is 3.79. The number of rotatable bonds is 1. The molecular formula is C6H12F3NO. The van der Waals surface area contributed by atoms with Gasteiger partial charge in [0.2, 0.25) is 5.91 Å². The Balaban J connectivity index is 0. The van der Waals surface area contributed by atoms with Gasteiger partial charge in [0.05, 0.1) is 0 Å². The van der Waals surface area contributed by atoms with E-state index in [0.717, 1.165) is 6.92 Å². The van der Waals surface area contributed by atoms with Crippen molar-refractivity contribution < 1.29 is 18.0 Å². The molecule has 0 bridgehead atoms. The minimum atomic E-state index is -4.30. The predicted molar refractivity (Wildman–Crippen MR) is 36.1 cm³/mol. The maximum atomic E-state index is 11.2. The Kier molecular flexibility index (Phi) is 7.04. The number of carbonyl (C=O) groups excluding carboxylic acids is 1. The average Bonchev–Trinajstić information content (AvgIpc) is 1.87. The first-order valence-electron chi connectivity index (χ1n) is 3.23. The maximum absolute atomic E-state index is 11.2. The average molecular weight is 171 g/mol. The molecule has 0 aromatic rings. The molecular weight excluding hydrogens is 159 g/mol. The second kappa shape index (κ2) is 6.00. The molecule has 1 N–H and O–H groups in total. The van der Waals surface area contributed by atoms with E-state index >= 15 is 0 Å². The highest BCUT2D eigenvalue weighted by atomic mass is 19.4. The molecule has 0 aromatic carbocycles. The number of amides is 1. The van der Waals surface area contributed by atoms with Gasteiger partial charge in [-0.1, -0.05) is 13.8 Å². The van der Waals surface area contributed by atoms with E-state index in [9.17, 15) is 18.0 Å². The lowest BCUT2D eigenvalue weighted by Gasteiger charge is -2.04. The summed E-state index contributed by atoms with van der Waals surface area (Å²) in [6, 6.07) is 0. The first kappa shape index (κ1) is 12.9. The van der Waals surface area contributed by atoms with Crippen LogP contribution in [0.3, 0.4) is 0 Å². The zero-order valence-corrected chi connectivity index (χ0v) is 6.75. The first-order chi connectivity index (χ1) is 4.92. The number of hydrogen-bond donors (Lipinski definition) is 1. The summed E-state index contributed by atoms with van der Waals surface area (Å²) in [6.07, 6.45) is -4.30. The standard InChI is InChI=1S/C4H6F3NO.C2H6/c1-3(9)8-2-4(5,6)7;1-2/h2H2,1H3,(H,8,9);1-2H3. The van der Waals surface area contributed by atoms with E-state index in [1.807, 2.05) is 13.8 Å². The van der Waals surface area contributed by atoms with Crippen molar-refractivity contribution in [3.63, 3.8) is 0 Å². The van der Waals surface area contributed by atoms with Crippen LogP contribution < -0.4 is 5.32 Å². The number of carbonyl (C=O) groups is 1. The Labute approximate surface area is 63.8 Å². The molecule has 1 amide bonds. The number of halogens is 3. The summed E-state index contributed by atoms with van der Waals surface area (Å²) >= 11 is 0. The summed E-state index contributed by atoms with van der Waals surface area (Å²) in [5, 5.41) is 1.62. The molecule has 0 heterocycles. The molecule has 0 aliphatic heterocycles. The molecule has 0 aliphatic rings. The van der Waals surface area contributed by atoms with Gasteiger partial charge in [0.1, 0.15) is 6.54 Å². The molecule has 0 fully saturated rings. The van der Waals surface area contributed by atoms with Gasteiger partial charge < -0.3 is 5.32 Å². The molecule has 0 saturated heterocycles. The fourth-order valence-corrected chi connectivity index (χ4v) is 0.225. The Morgan fingerprint density at radius 1 is 1.36 bits per heavy atom. The zero-order valence-electron chi connectivity index (χ0n) is 6.75. The molecule has 0 radical (unpaired) electrons. The van der Waals surface area contributed by atoms with Crippen molar-refractivity contribution in [2.75, 3.05) is 6.54 Å². The minimum Gasteiger partial charge on any atom is -0.347 e. The first-order valence-corrected chi connectivity index (χ1v) is 3.23. The third-order valence-electron chi connectivity index (χ3n) is 0.538. The molecule has 0 spiro atoms. The van der Waals surface area contributed by atoms with Crippen LogP contribution in [0.25, 0.3) is 0 Å². The SMILES string of the molecule is CC.CC(=O)NCC(F)(F)F. The summed E-state index contributed by atoms with van der Waals surface area (Å²) in [5.74, 6) is -0.674. The second-order valence-electron chi connectivity index (χ2n) is 1.52. The molecule has 0 aliphatic carbocycles. The van der Waals surface area contributed by atoms with Crippen molar-refractivity contribution in [1.82, 2.24) is 5.32 Å². The molecule has 0 saturated carbocycles. The van der Waals surface area contributed by atoms with Gasteiger partial charge in [-0.3, -0.25) is 4.79 Å². The van der Waals surface area contributed by atoms with Crippen LogP contribution in [-0.2, 0) is 4.79 Å². The van der Waals surface area contributed by atoms with Gasteiger partial charge in [-0.25, -0.2) is 0 Å². The van der Waals surface area contributed by atoms with Crippen LogP contribution in [-0.4, -0.2) is 18.6 Å². The van der Waals surface area contributed by atoms with E-state index in [4.69, 9.17) is 0 Å². The lowest BCUT2D eigenvalue weighted by Crippen LogP contribution is -2.31. The summed E-state index contributed by atoms with van der Waals surface area (Å²) in [5.41, 5.74) is 0. The fraction of sp³-hybridized carbons (Fsp3) is 0.833. The van der Waals surface area contributed by atoms with E-state index in [0.29, 0.717) is 0 Å². The molecule has 68 valence electrons. The lowest BCUT2D eigenvalue weighted by atomic mass is 10.6. The van der Waals surface area contributed by atoms with E-state index < -0.39 is 18.6 Å². The van der Waals surface area contributed by atoms with Crippen molar-refractivity contribution in [1.29, 1.82) is 0 Å². The Hall–Kier alpha value is -0.740. The highest BCUT2D eigenvalue weighted by Crippen LogP contribution is 2.11. The van der Waals surface area contributed by atoms with Gasteiger partial charge in [-0.15, -0.1) is 0 Å². The monoisotopic (exact) mass is 171 g/mol. The number of alkyl halides is 3. The van der Waals surface area contributed by atoms with Crippen LogP contribution in [0.5, 0.6) is 0 Å². The highest BCUT2D eigenvalue weighted by Gasteiger charge is 2.26. The van der Waals surface area contributed by atoms with Crippen molar-refractivity contribution in [3.05, 3.63) is 0 Å². The summed E-state index contributed by atoms with van der Waals surface area (Å²) < 4.78 is 33.6. The highest BCUT2D eigenvalue weighted by molar-refractivity contribution is 5.72. The largest absolute Gasteiger partial charge is 0.405 e. The quantitative estimate of drug-likeness (QED) is 0.639. The topological polar surface area (TPSA) is 29.1 Å². The van der Waals surface area contributed by atoms with Crippen LogP contribution in [0.1, 0.15) is 20.8 Å². The molecule has 11 heavy (non-hydrogen) atoms. The zero-order chi connectivity index (χ0) is 9.49. The van der Waals surface area contributed by atoms with Crippen LogP contribution in [0.4, 0.5) is 13.2 Å². The van der Waals surface area contributed by atoms with Gasteiger partial charge in [0.15, 0.2) is 0 Å². The van der Waals surface area contributed by atoms with Crippen LogP contribution in [0.15, 0.2) is 0 Å². The van der Waals surface area contributed by atoms with Gasteiger partial charge in [0.25, 0.3) is 0 Å². The lowest BCUT2D eigenvalue weighted by molar-refractivity contribution is -0.137. The molecule has 5 heteroatoms.